The van der Waals surface area contributed by atoms with Crippen LogP contribution in [0, 0.1) is 5.41 Å². The van der Waals surface area contributed by atoms with E-state index < -0.39 is 0 Å². The van der Waals surface area contributed by atoms with E-state index in [1.165, 1.54) is 19.3 Å². The minimum atomic E-state index is 0.0972. The molecule has 1 saturated heterocycles. The topological polar surface area (TPSA) is 49.0 Å². The van der Waals surface area contributed by atoms with E-state index in [4.69, 9.17) is 0 Å². The fourth-order valence-electron chi connectivity index (χ4n) is 2.45. The number of nitrogens with one attached hydrogen (secondary N) is 1. The van der Waals surface area contributed by atoms with Gasteiger partial charge in [-0.25, -0.2) is 0 Å². The number of H-pyrrole nitrogens is 1. The molecule has 1 aliphatic heterocycles. The lowest BCUT2D eigenvalue weighted by molar-refractivity contribution is -0.0429. The summed E-state index contributed by atoms with van der Waals surface area (Å²) in [6.45, 7) is 1.90. The van der Waals surface area contributed by atoms with Crippen LogP contribution in [0.15, 0.2) is 12.3 Å². The number of carbonyl (C=O) groups is 1. The molecule has 1 aromatic heterocycles. The summed E-state index contributed by atoms with van der Waals surface area (Å²) in [4.78, 5) is 13.7. The third-order valence-corrected chi connectivity index (χ3v) is 3.49. The highest BCUT2D eigenvalue weighted by Gasteiger charge is 2.49. The van der Waals surface area contributed by atoms with E-state index in [-0.39, 0.29) is 5.91 Å². The van der Waals surface area contributed by atoms with Crippen LogP contribution in [0.1, 0.15) is 29.8 Å². The molecule has 0 bridgehead atoms. The first kappa shape index (κ1) is 8.03. The molecule has 14 heavy (non-hydrogen) atoms. The van der Waals surface area contributed by atoms with Crippen LogP contribution < -0.4 is 0 Å². The van der Waals surface area contributed by atoms with E-state index >= 15 is 0 Å². The van der Waals surface area contributed by atoms with Gasteiger partial charge in [0.1, 0.15) is 5.69 Å². The monoisotopic (exact) mass is 191 g/mol. The van der Waals surface area contributed by atoms with Gasteiger partial charge in [0.05, 0.1) is 0 Å². The normalized spacial score (nSPS) is 23.0. The van der Waals surface area contributed by atoms with Crippen molar-refractivity contribution in [1.29, 1.82) is 0 Å². The fourth-order valence-corrected chi connectivity index (χ4v) is 2.45. The van der Waals surface area contributed by atoms with Gasteiger partial charge in [-0.15, -0.1) is 0 Å². The molecule has 0 unspecified atom stereocenters. The maximum Gasteiger partial charge on any atom is 0.271 e. The van der Waals surface area contributed by atoms with Crippen molar-refractivity contribution in [2.75, 3.05) is 13.1 Å². The Balaban J connectivity index is 1.66. The van der Waals surface area contributed by atoms with E-state index in [1.807, 2.05) is 4.90 Å². The third kappa shape index (κ3) is 0.997. The van der Waals surface area contributed by atoms with E-state index in [0.29, 0.717) is 11.1 Å². The first-order valence-corrected chi connectivity index (χ1v) is 5.08. The van der Waals surface area contributed by atoms with E-state index in [0.717, 1.165) is 13.1 Å². The molecule has 4 nitrogen and oxygen atoms in total. The lowest BCUT2D eigenvalue weighted by Crippen LogP contribution is -2.61. The van der Waals surface area contributed by atoms with Gasteiger partial charge in [0.2, 0.25) is 0 Å². The molecular weight excluding hydrogens is 178 g/mol. The summed E-state index contributed by atoms with van der Waals surface area (Å²) in [6, 6.07) is 1.73. The lowest BCUT2D eigenvalue weighted by Gasteiger charge is -2.55. The molecule has 0 aromatic carbocycles. The first-order chi connectivity index (χ1) is 6.79. The Labute approximate surface area is 82.3 Å². The fraction of sp³-hybridized carbons (Fsp3) is 0.600. The smallest absolute Gasteiger partial charge is 0.271 e. The summed E-state index contributed by atoms with van der Waals surface area (Å²) in [6.07, 6.45) is 5.57. The first-order valence-electron chi connectivity index (χ1n) is 5.08. The van der Waals surface area contributed by atoms with Gasteiger partial charge in [0, 0.05) is 24.7 Å². The standard InChI is InChI=1S/C10H13N3O/c14-9(8-2-5-11-12-8)13-6-10(7-13)3-1-4-10/h2,5H,1,3-4,6-7H2,(H,11,12). The Kier molecular flexibility index (Phi) is 1.48. The Morgan fingerprint density at radius 1 is 1.50 bits per heavy atom. The van der Waals surface area contributed by atoms with Gasteiger partial charge in [0.25, 0.3) is 5.91 Å². The highest BCUT2D eigenvalue weighted by atomic mass is 16.2. The molecule has 4 heteroatoms. The number of aromatic amines is 1. The second kappa shape index (κ2) is 2.59. The second-order valence-electron chi connectivity index (χ2n) is 4.49. The lowest BCUT2D eigenvalue weighted by atomic mass is 9.63. The molecule has 2 fully saturated rings. The molecule has 1 N–H and O–H groups in total. The maximum absolute atomic E-state index is 11.8. The van der Waals surface area contributed by atoms with Crippen molar-refractivity contribution in [3.05, 3.63) is 18.0 Å². The Bertz CT molecular complexity index is 345. The third-order valence-electron chi connectivity index (χ3n) is 3.49. The Morgan fingerprint density at radius 2 is 2.29 bits per heavy atom. The van der Waals surface area contributed by atoms with Crippen molar-refractivity contribution in [3.63, 3.8) is 0 Å². The van der Waals surface area contributed by atoms with Crippen molar-refractivity contribution in [2.24, 2.45) is 5.41 Å². The molecule has 1 amide bonds. The number of carbonyl (C=O) groups excluding carboxylic acids is 1. The van der Waals surface area contributed by atoms with Crippen LogP contribution in [0.3, 0.4) is 0 Å². The summed E-state index contributed by atoms with van der Waals surface area (Å²) in [7, 11) is 0. The van der Waals surface area contributed by atoms with Gasteiger partial charge >= 0.3 is 0 Å². The predicted molar refractivity (Wildman–Crippen MR) is 50.8 cm³/mol. The number of nitrogens with zero attached hydrogens (tertiary/aromatic N) is 2. The van der Waals surface area contributed by atoms with Gasteiger partial charge in [-0.2, -0.15) is 5.10 Å². The minimum absolute atomic E-state index is 0.0972. The Morgan fingerprint density at radius 3 is 2.79 bits per heavy atom. The van der Waals surface area contributed by atoms with Gasteiger partial charge in [-0.3, -0.25) is 9.89 Å². The molecule has 1 aromatic rings. The van der Waals surface area contributed by atoms with Crippen LogP contribution in [0.5, 0.6) is 0 Å². The maximum atomic E-state index is 11.8. The molecule has 74 valence electrons. The highest BCUT2D eigenvalue weighted by molar-refractivity contribution is 5.92. The van der Waals surface area contributed by atoms with Crippen LogP contribution in [0.25, 0.3) is 0 Å². The van der Waals surface area contributed by atoms with Crippen LogP contribution in [-0.4, -0.2) is 34.1 Å². The van der Waals surface area contributed by atoms with Crippen molar-refractivity contribution in [3.8, 4) is 0 Å². The number of amides is 1. The molecular formula is C10H13N3O. The molecule has 2 heterocycles. The van der Waals surface area contributed by atoms with Gasteiger partial charge in [-0.05, 0) is 18.9 Å². The van der Waals surface area contributed by atoms with Gasteiger partial charge in [0.15, 0.2) is 0 Å². The van der Waals surface area contributed by atoms with E-state index in [2.05, 4.69) is 10.2 Å². The Hall–Kier alpha value is -1.32. The molecule has 1 saturated carbocycles. The van der Waals surface area contributed by atoms with Crippen LogP contribution in [-0.2, 0) is 0 Å². The summed E-state index contributed by atoms with van der Waals surface area (Å²) >= 11 is 0. The number of likely N-dealkylation sites (tertiary alicyclic amines) is 1. The average Bonchev–Trinajstić information content (AvgIpc) is 2.49. The van der Waals surface area contributed by atoms with Gasteiger partial charge in [-0.1, -0.05) is 6.42 Å². The van der Waals surface area contributed by atoms with Crippen LogP contribution in [0.2, 0.25) is 0 Å². The van der Waals surface area contributed by atoms with Crippen molar-refractivity contribution in [2.45, 2.75) is 19.3 Å². The zero-order valence-electron chi connectivity index (χ0n) is 7.99. The van der Waals surface area contributed by atoms with Crippen molar-refractivity contribution in [1.82, 2.24) is 15.1 Å². The van der Waals surface area contributed by atoms with Crippen molar-refractivity contribution >= 4 is 5.91 Å². The van der Waals surface area contributed by atoms with Crippen LogP contribution >= 0.6 is 0 Å². The number of rotatable bonds is 1. The SMILES string of the molecule is O=C(c1ccn[nH]1)N1CC2(CCC2)C1. The average molecular weight is 191 g/mol. The largest absolute Gasteiger partial charge is 0.336 e. The van der Waals surface area contributed by atoms with Crippen LogP contribution in [0.4, 0.5) is 0 Å². The molecule has 1 aliphatic carbocycles. The number of aromatic nitrogens is 2. The zero-order chi connectivity index (χ0) is 9.60. The summed E-state index contributed by atoms with van der Waals surface area (Å²) < 4.78 is 0. The van der Waals surface area contributed by atoms with E-state index in [9.17, 15) is 4.79 Å². The molecule has 3 rings (SSSR count). The van der Waals surface area contributed by atoms with Crippen molar-refractivity contribution < 1.29 is 4.79 Å². The summed E-state index contributed by atoms with van der Waals surface area (Å²) in [5.74, 6) is 0.0972. The minimum Gasteiger partial charge on any atom is -0.336 e. The quantitative estimate of drug-likeness (QED) is 0.721. The van der Waals surface area contributed by atoms with E-state index in [1.54, 1.807) is 12.3 Å². The van der Waals surface area contributed by atoms with Gasteiger partial charge < -0.3 is 4.90 Å². The predicted octanol–water partition coefficient (Wildman–Crippen LogP) is 1.04. The summed E-state index contributed by atoms with van der Waals surface area (Å²) in [5, 5.41) is 6.49. The second-order valence-corrected chi connectivity index (χ2v) is 4.49. The number of hydrogen-bond donors (Lipinski definition) is 1. The molecule has 2 aliphatic rings. The summed E-state index contributed by atoms with van der Waals surface area (Å²) in [5.41, 5.74) is 1.12. The number of hydrogen-bond acceptors (Lipinski definition) is 2. The zero-order valence-corrected chi connectivity index (χ0v) is 7.99. The molecule has 1 spiro atoms. The highest BCUT2D eigenvalue weighted by Crippen LogP contribution is 2.48. The molecule has 0 atom stereocenters. The molecule has 0 radical (unpaired) electrons.